The van der Waals surface area contributed by atoms with Gasteiger partial charge in [0.1, 0.15) is 5.75 Å². The summed E-state index contributed by atoms with van der Waals surface area (Å²) in [5.74, 6) is -0.549. The van der Waals surface area contributed by atoms with Crippen LogP contribution in [0.15, 0.2) is 36.4 Å². The average molecular weight is 350 g/mol. The normalized spacial score (nSPS) is 17.9. The van der Waals surface area contributed by atoms with Crippen LogP contribution in [0.4, 0.5) is 0 Å². The molecule has 0 aliphatic carbocycles. The Kier molecular flexibility index (Phi) is 4.26. The number of nitrogens with one attached hydrogen (secondary N) is 2. The Morgan fingerprint density at radius 1 is 1.19 bits per heavy atom. The summed E-state index contributed by atoms with van der Waals surface area (Å²) < 4.78 is 5.56. The molecule has 2 aliphatic heterocycles. The maximum Gasteiger partial charge on any atom is 0.547 e. The van der Waals surface area contributed by atoms with Gasteiger partial charge in [0.15, 0.2) is 5.78 Å². The molecule has 0 unspecified atom stereocenters. The van der Waals surface area contributed by atoms with Crippen LogP contribution in [0.5, 0.6) is 5.75 Å². The summed E-state index contributed by atoms with van der Waals surface area (Å²) >= 11 is 0. The number of Topliss-reactive ketones (excluding diaryl/α,β-unsaturated/α-hetero) is 1. The summed E-state index contributed by atoms with van der Waals surface area (Å²) in [7, 11) is -1.21. The highest BCUT2D eigenvalue weighted by atomic mass is 16.5. The zero-order valence-electron chi connectivity index (χ0n) is 14.4. The van der Waals surface area contributed by atoms with Crippen molar-refractivity contribution in [2.75, 3.05) is 0 Å². The van der Waals surface area contributed by atoms with Crippen LogP contribution in [0, 0.1) is 0 Å². The van der Waals surface area contributed by atoms with Crippen molar-refractivity contribution in [3.63, 3.8) is 0 Å². The van der Waals surface area contributed by atoms with E-state index in [1.165, 1.54) is 12.5 Å². The third kappa shape index (κ3) is 3.00. The first-order valence-corrected chi connectivity index (χ1v) is 8.64. The highest BCUT2D eigenvalue weighted by Gasteiger charge is 2.37. The smallest absolute Gasteiger partial charge is 0.534 e. The van der Waals surface area contributed by atoms with E-state index >= 15 is 0 Å². The molecule has 132 valence electrons. The summed E-state index contributed by atoms with van der Waals surface area (Å²) in [6, 6.07) is 10.9. The molecule has 2 heterocycles. The molecule has 2 aromatic rings. The van der Waals surface area contributed by atoms with E-state index < -0.39 is 13.1 Å². The van der Waals surface area contributed by atoms with Crippen LogP contribution in [0.25, 0.3) is 0 Å². The Balaban J connectivity index is 1.53. The van der Waals surface area contributed by atoms with E-state index in [0.717, 1.165) is 24.2 Å². The summed E-state index contributed by atoms with van der Waals surface area (Å²) in [6.07, 6.45) is 0.399. The number of carbonyl (C=O) groups excluding carboxylic acids is 2. The monoisotopic (exact) mass is 350 g/mol. The molecule has 1 amide bonds. The van der Waals surface area contributed by atoms with E-state index in [4.69, 9.17) is 4.65 Å². The molecule has 0 bridgehead atoms. The van der Waals surface area contributed by atoms with Crippen LogP contribution in [-0.4, -0.2) is 29.8 Å². The fourth-order valence-corrected chi connectivity index (χ4v) is 3.51. The van der Waals surface area contributed by atoms with E-state index in [1.807, 2.05) is 18.2 Å². The molecule has 4 rings (SSSR count). The first-order chi connectivity index (χ1) is 12.5. The molecule has 2 aromatic carbocycles. The number of ketones is 1. The lowest BCUT2D eigenvalue weighted by atomic mass is 9.72. The number of benzene rings is 2. The van der Waals surface area contributed by atoms with E-state index in [1.54, 1.807) is 18.2 Å². The highest BCUT2D eigenvalue weighted by Crippen LogP contribution is 2.30. The lowest BCUT2D eigenvalue weighted by Crippen LogP contribution is -2.53. The second kappa shape index (κ2) is 6.59. The minimum atomic E-state index is -1.21. The molecule has 6 nitrogen and oxygen atoms in total. The minimum absolute atomic E-state index is 0.122. The van der Waals surface area contributed by atoms with Gasteiger partial charge in [0.2, 0.25) is 0 Å². The van der Waals surface area contributed by atoms with Gasteiger partial charge in [0, 0.05) is 18.7 Å². The van der Waals surface area contributed by atoms with Crippen molar-refractivity contribution >= 4 is 18.8 Å². The molecular formula is C19H19BN2O4. The third-order valence-electron chi connectivity index (χ3n) is 4.91. The van der Waals surface area contributed by atoms with Gasteiger partial charge in [-0.05, 0) is 48.2 Å². The van der Waals surface area contributed by atoms with Crippen molar-refractivity contribution in [2.45, 2.75) is 32.4 Å². The first kappa shape index (κ1) is 16.8. The van der Waals surface area contributed by atoms with Gasteiger partial charge in [-0.3, -0.25) is 9.59 Å². The average Bonchev–Trinajstić information content (AvgIpc) is 3.09. The second-order valence-electron chi connectivity index (χ2n) is 6.73. The summed E-state index contributed by atoms with van der Waals surface area (Å²) in [6.45, 7) is 3.04. The Hall–Kier alpha value is -2.64. The number of carbonyl (C=O) groups is 2. The second-order valence-corrected chi connectivity index (χ2v) is 6.73. The number of amides is 1. The van der Waals surface area contributed by atoms with Crippen LogP contribution in [0.1, 0.15) is 44.3 Å². The molecular weight excluding hydrogens is 331 g/mol. The van der Waals surface area contributed by atoms with Gasteiger partial charge in [0.05, 0.1) is 11.5 Å². The standard InChI is InChI=1S/C19H19BN2O4/c1-11(23)16-4-2-3-12-8-17(20(25)26-18(12)16)22-19(24)13-5-6-14-9-21-10-15(14)7-13/h2-7,17,21,25H,8-10H2,1H3,(H,22,24)/t17-/m0/s1. The minimum Gasteiger partial charge on any atom is -0.534 e. The Labute approximate surface area is 151 Å². The van der Waals surface area contributed by atoms with Gasteiger partial charge < -0.3 is 20.3 Å². The lowest BCUT2D eigenvalue weighted by molar-refractivity contribution is 0.0938. The van der Waals surface area contributed by atoms with Gasteiger partial charge in [0.25, 0.3) is 5.91 Å². The van der Waals surface area contributed by atoms with Crippen LogP contribution < -0.4 is 15.3 Å². The van der Waals surface area contributed by atoms with Crippen molar-refractivity contribution in [3.8, 4) is 5.75 Å². The highest BCUT2D eigenvalue weighted by molar-refractivity contribution is 6.47. The fraction of sp³-hybridized carbons (Fsp3) is 0.263. The van der Waals surface area contributed by atoms with Crippen molar-refractivity contribution in [3.05, 3.63) is 64.2 Å². The number of hydrogen-bond acceptors (Lipinski definition) is 5. The number of para-hydroxylation sites is 1. The Bertz CT molecular complexity index is 899. The zero-order chi connectivity index (χ0) is 18.3. The van der Waals surface area contributed by atoms with Crippen molar-refractivity contribution < 1.29 is 19.3 Å². The van der Waals surface area contributed by atoms with Crippen LogP contribution >= 0.6 is 0 Å². The molecule has 0 fully saturated rings. The topological polar surface area (TPSA) is 87.7 Å². The molecule has 0 radical (unpaired) electrons. The molecule has 0 saturated heterocycles. The molecule has 1 atom stereocenters. The number of rotatable bonds is 3. The van der Waals surface area contributed by atoms with E-state index in [-0.39, 0.29) is 11.7 Å². The predicted molar refractivity (Wildman–Crippen MR) is 97.0 cm³/mol. The zero-order valence-corrected chi connectivity index (χ0v) is 14.4. The predicted octanol–water partition coefficient (Wildman–Crippen LogP) is 1.25. The maximum absolute atomic E-state index is 12.6. The van der Waals surface area contributed by atoms with E-state index in [2.05, 4.69) is 10.6 Å². The van der Waals surface area contributed by atoms with Crippen LogP contribution in [-0.2, 0) is 19.5 Å². The van der Waals surface area contributed by atoms with Crippen molar-refractivity contribution in [1.29, 1.82) is 0 Å². The van der Waals surface area contributed by atoms with Gasteiger partial charge in [-0.15, -0.1) is 0 Å². The SMILES string of the molecule is CC(=O)c1cccc2c1OB(O)[C@@H](NC(=O)c1ccc3c(c1)CNC3)C2. The van der Waals surface area contributed by atoms with Crippen LogP contribution in [0.2, 0.25) is 0 Å². The van der Waals surface area contributed by atoms with Gasteiger partial charge in [-0.25, -0.2) is 0 Å². The van der Waals surface area contributed by atoms with Crippen molar-refractivity contribution in [1.82, 2.24) is 10.6 Å². The molecule has 26 heavy (non-hydrogen) atoms. The first-order valence-electron chi connectivity index (χ1n) is 8.64. The Morgan fingerprint density at radius 3 is 2.81 bits per heavy atom. The summed E-state index contributed by atoms with van der Waals surface area (Å²) in [5, 5.41) is 16.4. The molecule has 3 N–H and O–H groups in total. The molecule has 7 heteroatoms. The quantitative estimate of drug-likeness (QED) is 0.573. The molecule has 0 saturated carbocycles. The van der Waals surface area contributed by atoms with Crippen molar-refractivity contribution in [2.24, 2.45) is 0 Å². The van der Waals surface area contributed by atoms with Gasteiger partial charge >= 0.3 is 7.12 Å². The van der Waals surface area contributed by atoms with Gasteiger partial charge in [-0.1, -0.05) is 18.2 Å². The Morgan fingerprint density at radius 2 is 2.00 bits per heavy atom. The van der Waals surface area contributed by atoms with Gasteiger partial charge in [-0.2, -0.15) is 0 Å². The summed E-state index contributed by atoms with van der Waals surface area (Å²) in [5.41, 5.74) is 4.12. The number of fused-ring (bicyclic) bond motifs is 2. The van der Waals surface area contributed by atoms with Crippen LogP contribution in [0.3, 0.4) is 0 Å². The maximum atomic E-state index is 12.6. The van der Waals surface area contributed by atoms with E-state index in [9.17, 15) is 14.6 Å². The summed E-state index contributed by atoms with van der Waals surface area (Å²) in [4.78, 5) is 24.3. The lowest BCUT2D eigenvalue weighted by Gasteiger charge is -2.29. The molecule has 0 aromatic heterocycles. The molecule has 2 aliphatic rings. The van der Waals surface area contributed by atoms with E-state index in [0.29, 0.717) is 23.3 Å². The number of hydrogen-bond donors (Lipinski definition) is 3. The third-order valence-corrected chi connectivity index (χ3v) is 4.91. The molecule has 0 spiro atoms. The largest absolute Gasteiger partial charge is 0.547 e. The fourth-order valence-electron chi connectivity index (χ4n) is 3.51.